The summed E-state index contributed by atoms with van der Waals surface area (Å²) >= 11 is 0. The van der Waals surface area contributed by atoms with Crippen LogP contribution >= 0.6 is 0 Å². The van der Waals surface area contributed by atoms with Gasteiger partial charge in [-0.1, -0.05) is 32.4 Å². The van der Waals surface area contributed by atoms with Crippen molar-refractivity contribution in [1.82, 2.24) is 0 Å². The van der Waals surface area contributed by atoms with Crippen LogP contribution in [-0.2, 0) is 4.79 Å². The van der Waals surface area contributed by atoms with Crippen LogP contribution < -0.4 is 0 Å². The van der Waals surface area contributed by atoms with Crippen molar-refractivity contribution in [3.05, 3.63) is 11.6 Å². The van der Waals surface area contributed by atoms with Crippen LogP contribution in [0, 0.1) is 11.3 Å². The predicted octanol–water partition coefficient (Wildman–Crippen LogP) is 2.96. The van der Waals surface area contributed by atoms with Crippen LogP contribution in [0.1, 0.15) is 40.0 Å². The number of hydrogen-bond acceptors (Lipinski definition) is 1. The molecule has 1 aliphatic carbocycles. The number of carbonyl (C=O) groups is 1. The SMILES string of the molecule is CC(C)C1=CC(C)(CC=O)CC1. The summed E-state index contributed by atoms with van der Waals surface area (Å²) in [7, 11) is 0. The Balaban J connectivity index is 2.67. The van der Waals surface area contributed by atoms with Gasteiger partial charge in [0.15, 0.2) is 0 Å². The largest absolute Gasteiger partial charge is 0.303 e. The summed E-state index contributed by atoms with van der Waals surface area (Å²) in [6.07, 6.45) is 6.37. The highest BCUT2D eigenvalue weighted by atomic mass is 16.1. The van der Waals surface area contributed by atoms with Crippen molar-refractivity contribution in [3.63, 3.8) is 0 Å². The first-order valence-electron chi connectivity index (χ1n) is 4.73. The van der Waals surface area contributed by atoms with Gasteiger partial charge in [0.25, 0.3) is 0 Å². The molecule has 1 aliphatic rings. The van der Waals surface area contributed by atoms with Crippen LogP contribution in [0.15, 0.2) is 11.6 Å². The van der Waals surface area contributed by atoms with Gasteiger partial charge in [0.1, 0.15) is 6.29 Å². The summed E-state index contributed by atoms with van der Waals surface area (Å²) in [6, 6.07) is 0. The molecule has 1 unspecified atom stereocenters. The highest BCUT2D eigenvalue weighted by Crippen LogP contribution is 2.40. The van der Waals surface area contributed by atoms with E-state index in [1.54, 1.807) is 0 Å². The van der Waals surface area contributed by atoms with Gasteiger partial charge in [-0.3, -0.25) is 0 Å². The molecule has 1 heteroatoms. The first-order valence-corrected chi connectivity index (χ1v) is 4.73. The molecule has 0 N–H and O–H groups in total. The molecule has 12 heavy (non-hydrogen) atoms. The fourth-order valence-electron chi connectivity index (χ4n) is 1.83. The van der Waals surface area contributed by atoms with E-state index >= 15 is 0 Å². The summed E-state index contributed by atoms with van der Waals surface area (Å²) in [5.74, 6) is 0.651. The van der Waals surface area contributed by atoms with Crippen LogP contribution in [0.2, 0.25) is 0 Å². The van der Waals surface area contributed by atoms with Crippen LogP contribution in [0.3, 0.4) is 0 Å². The van der Waals surface area contributed by atoms with Crippen molar-refractivity contribution in [2.75, 3.05) is 0 Å². The Labute approximate surface area is 74.9 Å². The van der Waals surface area contributed by atoms with Gasteiger partial charge >= 0.3 is 0 Å². The first-order chi connectivity index (χ1) is 5.57. The normalized spacial score (nSPS) is 29.2. The van der Waals surface area contributed by atoms with Crippen molar-refractivity contribution >= 4 is 6.29 Å². The molecule has 0 saturated carbocycles. The summed E-state index contributed by atoms with van der Waals surface area (Å²) in [6.45, 7) is 6.62. The zero-order valence-corrected chi connectivity index (χ0v) is 8.26. The summed E-state index contributed by atoms with van der Waals surface area (Å²) < 4.78 is 0. The lowest BCUT2D eigenvalue weighted by Crippen LogP contribution is -2.09. The maximum absolute atomic E-state index is 10.4. The highest BCUT2D eigenvalue weighted by molar-refractivity contribution is 5.52. The van der Waals surface area contributed by atoms with Gasteiger partial charge in [-0.25, -0.2) is 0 Å². The van der Waals surface area contributed by atoms with E-state index in [2.05, 4.69) is 26.8 Å². The van der Waals surface area contributed by atoms with Crippen molar-refractivity contribution < 1.29 is 4.79 Å². The van der Waals surface area contributed by atoms with E-state index < -0.39 is 0 Å². The van der Waals surface area contributed by atoms with Gasteiger partial charge < -0.3 is 4.79 Å². The van der Waals surface area contributed by atoms with E-state index in [9.17, 15) is 4.79 Å². The molecule has 0 aromatic rings. The van der Waals surface area contributed by atoms with E-state index in [-0.39, 0.29) is 5.41 Å². The quantitative estimate of drug-likeness (QED) is 0.465. The Morgan fingerprint density at radius 2 is 2.33 bits per heavy atom. The molecule has 0 aromatic carbocycles. The lowest BCUT2D eigenvalue weighted by molar-refractivity contribution is -0.109. The summed E-state index contributed by atoms with van der Waals surface area (Å²) in [5.41, 5.74) is 1.70. The number of aldehydes is 1. The molecule has 68 valence electrons. The van der Waals surface area contributed by atoms with Gasteiger partial charge in [-0.05, 0) is 24.2 Å². The second-order valence-corrected chi connectivity index (χ2v) is 4.40. The fraction of sp³-hybridized carbons (Fsp3) is 0.727. The van der Waals surface area contributed by atoms with Gasteiger partial charge in [-0.15, -0.1) is 0 Å². The number of rotatable bonds is 3. The Morgan fingerprint density at radius 3 is 2.75 bits per heavy atom. The standard InChI is InChI=1S/C11H18O/c1-9(2)10-4-5-11(3,8-10)6-7-12/h7-9H,4-6H2,1-3H3. The monoisotopic (exact) mass is 166 g/mol. The molecule has 1 rings (SSSR count). The molecule has 0 amide bonds. The average molecular weight is 166 g/mol. The van der Waals surface area contributed by atoms with E-state index in [1.807, 2.05) is 0 Å². The van der Waals surface area contributed by atoms with Crippen molar-refractivity contribution in [2.24, 2.45) is 11.3 Å². The molecule has 0 spiro atoms. The smallest absolute Gasteiger partial charge is 0.120 e. The third kappa shape index (κ3) is 1.96. The third-order valence-corrected chi connectivity index (χ3v) is 2.81. The van der Waals surface area contributed by atoms with Gasteiger partial charge in [0.05, 0.1) is 0 Å². The Hall–Kier alpha value is -0.590. The molecule has 0 fully saturated rings. The van der Waals surface area contributed by atoms with E-state index in [0.29, 0.717) is 12.3 Å². The molecule has 0 bridgehead atoms. The number of allylic oxidation sites excluding steroid dienone is 2. The lowest BCUT2D eigenvalue weighted by Gasteiger charge is -2.16. The summed E-state index contributed by atoms with van der Waals surface area (Å²) in [5, 5.41) is 0. The fourth-order valence-corrected chi connectivity index (χ4v) is 1.83. The Kier molecular flexibility index (Phi) is 2.71. The van der Waals surface area contributed by atoms with Gasteiger partial charge in [-0.2, -0.15) is 0 Å². The minimum Gasteiger partial charge on any atom is -0.303 e. The molecule has 1 nitrogen and oxygen atoms in total. The first kappa shape index (κ1) is 9.50. The second kappa shape index (κ2) is 3.42. The van der Waals surface area contributed by atoms with Crippen LogP contribution in [0.5, 0.6) is 0 Å². The molecular formula is C11H18O. The third-order valence-electron chi connectivity index (χ3n) is 2.81. The van der Waals surface area contributed by atoms with Crippen LogP contribution in [-0.4, -0.2) is 6.29 Å². The molecule has 0 saturated heterocycles. The van der Waals surface area contributed by atoms with Crippen LogP contribution in [0.25, 0.3) is 0 Å². The van der Waals surface area contributed by atoms with E-state index in [0.717, 1.165) is 12.7 Å². The van der Waals surface area contributed by atoms with Crippen molar-refractivity contribution in [1.29, 1.82) is 0 Å². The van der Waals surface area contributed by atoms with E-state index in [1.165, 1.54) is 12.0 Å². The van der Waals surface area contributed by atoms with Crippen molar-refractivity contribution in [2.45, 2.75) is 40.0 Å². The maximum atomic E-state index is 10.4. The highest BCUT2D eigenvalue weighted by Gasteiger charge is 2.28. The predicted molar refractivity (Wildman–Crippen MR) is 50.9 cm³/mol. The second-order valence-electron chi connectivity index (χ2n) is 4.40. The number of hydrogen-bond donors (Lipinski definition) is 0. The minimum atomic E-state index is 0.168. The van der Waals surface area contributed by atoms with E-state index in [4.69, 9.17) is 0 Å². The lowest BCUT2D eigenvalue weighted by atomic mass is 9.87. The van der Waals surface area contributed by atoms with Gasteiger partial charge in [0.2, 0.25) is 0 Å². The average Bonchev–Trinajstić information content (AvgIpc) is 2.33. The van der Waals surface area contributed by atoms with Crippen molar-refractivity contribution in [3.8, 4) is 0 Å². The molecule has 0 heterocycles. The molecule has 0 aromatic heterocycles. The Bertz CT molecular complexity index is 203. The molecule has 1 atom stereocenters. The number of carbonyl (C=O) groups excluding carboxylic acids is 1. The zero-order valence-electron chi connectivity index (χ0n) is 8.26. The maximum Gasteiger partial charge on any atom is 0.120 e. The molecular weight excluding hydrogens is 148 g/mol. The molecule has 0 aliphatic heterocycles. The topological polar surface area (TPSA) is 17.1 Å². The Morgan fingerprint density at radius 1 is 1.67 bits per heavy atom. The van der Waals surface area contributed by atoms with Crippen LogP contribution in [0.4, 0.5) is 0 Å². The minimum absolute atomic E-state index is 0.168. The van der Waals surface area contributed by atoms with Gasteiger partial charge in [0, 0.05) is 6.42 Å². The summed E-state index contributed by atoms with van der Waals surface area (Å²) in [4.78, 5) is 10.4. The molecule has 0 radical (unpaired) electrons. The zero-order chi connectivity index (χ0) is 9.19.